The van der Waals surface area contributed by atoms with Crippen LogP contribution in [0.2, 0.25) is 0 Å². The van der Waals surface area contributed by atoms with Crippen LogP contribution in [-0.2, 0) is 20.0 Å². The molecule has 6 nitrogen and oxygen atoms in total. The second-order valence-electron chi connectivity index (χ2n) is 6.20. The van der Waals surface area contributed by atoms with E-state index in [0.29, 0.717) is 12.6 Å². The molecule has 1 unspecified atom stereocenters. The maximum atomic E-state index is 4.75. The minimum absolute atomic E-state index is 0.493. The molecule has 25 heavy (non-hydrogen) atoms. The van der Waals surface area contributed by atoms with Crippen molar-refractivity contribution in [1.82, 2.24) is 25.4 Å². The molecule has 2 aromatic heterocycles. The van der Waals surface area contributed by atoms with Crippen LogP contribution in [0.5, 0.6) is 0 Å². The summed E-state index contributed by atoms with van der Waals surface area (Å²) in [6.45, 7) is 3.37. The van der Waals surface area contributed by atoms with Gasteiger partial charge in [-0.25, -0.2) is 4.99 Å². The Morgan fingerprint density at radius 2 is 2.36 bits per heavy atom. The van der Waals surface area contributed by atoms with E-state index < -0.39 is 0 Å². The Morgan fingerprint density at radius 1 is 1.44 bits per heavy atom. The molecule has 1 atom stereocenters. The molecule has 2 N–H and O–H groups in total. The minimum atomic E-state index is 0.493. The van der Waals surface area contributed by atoms with Crippen LogP contribution in [-0.4, -0.2) is 44.8 Å². The number of aryl methyl sites for hydroxylation is 1. The van der Waals surface area contributed by atoms with Crippen LogP contribution in [0.1, 0.15) is 29.4 Å². The molecule has 1 saturated heterocycles. The van der Waals surface area contributed by atoms with Crippen LogP contribution < -0.4 is 10.6 Å². The van der Waals surface area contributed by atoms with E-state index in [0.717, 1.165) is 36.3 Å². The molecule has 0 amide bonds. The second kappa shape index (κ2) is 9.24. The summed E-state index contributed by atoms with van der Waals surface area (Å²) < 4.78 is 1.99. The van der Waals surface area contributed by atoms with Crippen LogP contribution >= 0.6 is 23.1 Å². The molecule has 2 aromatic rings. The average Bonchev–Trinajstić information content (AvgIpc) is 3.25. The first-order valence-corrected chi connectivity index (χ1v) is 10.8. The van der Waals surface area contributed by atoms with Crippen LogP contribution in [0.15, 0.2) is 22.5 Å². The van der Waals surface area contributed by atoms with Gasteiger partial charge in [0.25, 0.3) is 0 Å². The summed E-state index contributed by atoms with van der Waals surface area (Å²) in [5.41, 5.74) is 0. The first kappa shape index (κ1) is 18.3. The molecule has 0 aromatic carbocycles. The Morgan fingerprint density at radius 3 is 3.04 bits per heavy atom. The van der Waals surface area contributed by atoms with Gasteiger partial charge in [0.2, 0.25) is 0 Å². The third-order valence-corrected chi connectivity index (χ3v) is 6.46. The van der Waals surface area contributed by atoms with Crippen molar-refractivity contribution in [3.63, 3.8) is 0 Å². The molecule has 0 saturated carbocycles. The predicted molar refractivity (Wildman–Crippen MR) is 106 cm³/mol. The summed E-state index contributed by atoms with van der Waals surface area (Å²) in [6, 6.07) is 4.77. The lowest BCUT2D eigenvalue weighted by atomic mass is 10.2. The smallest absolute Gasteiger partial charge is 0.191 e. The van der Waals surface area contributed by atoms with Crippen LogP contribution in [0.25, 0.3) is 0 Å². The molecule has 0 bridgehead atoms. The van der Waals surface area contributed by atoms with Crippen LogP contribution in [0.3, 0.4) is 0 Å². The summed E-state index contributed by atoms with van der Waals surface area (Å²) >= 11 is 3.82. The minimum Gasteiger partial charge on any atom is -0.356 e. The van der Waals surface area contributed by atoms with Gasteiger partial charge in [0.05, 0.1) is 0 Å². The van der Waals surface area contributed by atoms with Crippen molar-refractivity contribution >= 4 is 29.1 Å². The number of rotatable bonds is 6. The fourth-order valence-electron chi connectivity index (χ4n) is 2.70. The van der Waals surface area contributed by atoms with Crippen LogP contribution in [0, 0.1) is 6.92 Å². The lowest BCUT2D eigenvalue weighted by Gasteiger charge is -2.24. The largest absolute Gasteiger partial charge is 0.356 e. The molecule has 0 aliphatic carbocycles. The number of thioether (sulfide) groups is 1. The maximum absolute atomic E-state index is 4.75. The number of aliphatic imine (C=N–C) groups is 1. The summed E-state index contributed by atoms with van der Waals surface area (Å²) in [5.74, 6) is 5.09. The van der Waals surface area contributed by atoms with Crippen LogP contribution in [0.4, 0.5) is 0 Å². The number of guanidine groups is 1. The maximum Gasteiger partial charge on any atom is 0.191 e. The first-order valence-electron chi connectivity index (χ1n) is 8.72. The van der Waals surface area contributed by atoms with Crippen molar-refractivity contribution < 1.29 is 0 Å². The Balaban J connectivity index is 1.59. The fourth-order valence-corrected chi connectivity index (χ4v) is 4.48. The monoisotopic (exact) mass is 378 g/mol. The number of hydrogen-bond donors (Lipinski definition) is 2. The van der Waals surface area contributed by atoms with Gasteiger partial charge < -0.3 is 15.2 Å². The van der Waals surface area contributed by atoms with Crippen molar-refractivity contribution in [3.8, 4) is 0 Å². The molecule has 1 aliphatic rings. The normalized spacial score (nSPS) is 18.3. The third-order valence-electron chi connectivity index (χ3n) is 4.31. The van der Waals surface area contributed by atoms with E-state index in [4.69, 9.17) is 4.99 Å². The molecule has 3 heterocycles. The highest BCUT2D eigenvalue weighted by molar-refractivity contribution is 7.99. The van der Waals surface area contributed by atoms with E-state index in [1.807, 2.05) is 30.3 Å². The van der Waals surface area contributed by atoms with Gasteiger partial charge in [-0.3, -0.25) is 0 Å². The highest BCUT2D eigenvalue weighted by Gasteiger charge is 2.15. The predicted octanol–water partition coefficient (Wildman–Crippen LogP) is 2.36. The lowest BCUT2D eigenvalue weighted by Crippen LogP contribution is -2.46. The number of aromatic nitrogens is 3. The van der Waals surface area contributed by atoms with Gasteiger partial charge in [0, 0.05) is 30.3 Å². The summed E-state index contributed by atoms with van der Waals surface area (Å²) in [6.07, 6.45) is 3.50. The quantitative estimate of drug-likeness (QED) is 0.597. The van der Waals surface area contributed by atoms with Crippen molar-refractivity contribution in [2.75, 3.05) is 18.1 Å². The zero-order valence-electron chi connectivity index (χ0n) is 14.9. The third kappa shape index (κ3) is 5.47. The second-order valence-corrected chi connectivity index (χ2v) is 8.38. The van der Waals surface area contributed by atoms with E-state index in [1.165, 1.54) is 23.5 Å². The van der Waals surface area contributed by atoms with E-state index in [-0.39, 0.29) is 0 Å². The Labute approximate surface area is 157 Å². The summed E-state index contributed by atoms with van der Waals surface area (Å²) in [7, 11) is 1.98. The highest BCUT2D eigenvalue weighted by Crippen LogP contribution is 2.16. The average molecular weight is 379 g/mol. The molecular weight excluding hydrogens is 352 g/mol. The van der Waals surface area contributed by atoms with Crippen molar-refractivity contribution in [1.29, 1.82) is 0 Å². The van der Waals surface area contributed by atoms with E-state index >= 15 is 0 Å². The Hall–Kier alpha value is -1.54. The molecule has 0 radical (unpaired) electrons. The lowest BCUT2D eigenvalue weighted by molar-refractivity contribution is 0.580. The van der Waals surface area contributed by atoms with E-state index in [1.54, 1.807) is 11.3 Å². The van der Waals surface area contributed by atoms with Gasteiger partial charge in [-0.1, -0.05) is 6.07 Å². The highest BCUT2D eigenvalue weighted by atomic mass is 32.2. The van der Waals surface area contributed by atoms with E-state index in [2.05, 4.69) is 38.3 Å². The van der Waals surface area contributed by atoms with Crippen molar-refractivity contribution in [2.45, 2.75) is 38.8 Å². The zero-order valence-corrected chi connectivity index (χ0v) is 16.5. The van der Waals surface area contributed by atoms with Gasteiger partial charge >= 0.3 is 0 Å². The topological polar surface area (TPSA) is 67.1 Å². The number of nitrogens with one attached hydrogen (secondary N) is 2. The number of hydrogen-bond acceptors (Lipinski definition) is 5. The van der Waals surface area contributed by atoms with Gasteiger partial charge in [-0.2, -0.15) is 11.8 Å². The zero-order chi connectivity index (χ0) is 17.5. The van der Waals surface area contributed by atoms with Crippen molar-refractivity contribution in [2.24, 2.45) is 12.0 Å². The molecule has 0 spiro atoms. The Kier molecular flexibility index (Phi) is 6.75. The van der Waals surface area contributed by atoms with Crippen molar-refractivity contribution in [3.05, 3.63) is 34.0 Å². The van der Waals surface area contributed by atoms with Gasteiger partial charge in [-0.15, -0.1) is 21.5 Å². The number of nitrogens with zero attached hydrogens (tertiary/aromatic N) is 4. The SMILES string of the molecule is Cc1nnc(CN=C(NCCc2cccs2)NC2CCCSC2)n1C. The molecular formula is C17H26N6S2. The van der Waals surface area contributed by atoms with Gasteiger partial charge in [-0.05, 0) is 43.4 Å². The molecule has 3 rings (SSSR count). The molecule has 1 aliphatic heterocycles. The van der Waals surface area contributed by atoms with Gasteiger partial charge in [0.1, 0.15) is 12.4 Å². The molecule has 136 valence electrons. The Bertz CT molecular complexity index is 673. The molecule has 1 fully saturated rings. The van der Waals surface area contributed by atoms with Gasteiger partial charge in [0.15, 0.2) is 11.8 Å². The standard InChI is InChI=1S/C17H26N6S2/c1-13-21-22-16(23(13)2)11-19-17(20-14-5-3-9-24-12-14)18-8-7-15-6-4-10-25-15/h4,6,10,14H,3,5,7-9,11-12H2,1-2H3,(H2,18,19,20). The summed E-state index contributed by atoms with van der Waals surface area (Å²) in [5, 5.41) is 17.5. The summed E-state index contributed by atoms with van der Waals surface area (Å²) in [4.78, 5) is 6.14. The molecule has 8 heteroatoms. The van der Waals surface area contributed by atoms with E-state index in [9.17, 15) is 0 Å². The first-order chi connectivity index (χ1) is 12.2. The fraction of sp³-hybridized carbons (Fsp3) is 0.588. The number of thiophene rings is 1.